The van der Waals surface area contributed by atoms with Gasteiger partial charge in [0.05, 0.1) is 36.1 Å². The Hall–Kier alpha value is -3.68. The Morgan fingerprint density at radius 3 is 2.90 bits per heavy atom. The minimum Gasteiger partial charge on any atom is -0.493 e. The van der Waals surface area contributed by atoms with Crippen molar-refractivity contribution in [3.05, 3.63) is 54.6 Å². The molecule has 0 atom stereocenters. The number of rotatable bonds is 0. The van der Waals surface area contributed by atoms with Crippen LogP contribution in [0.25, 0.3) is 11.3 Å². The summed E-state index contributed by atoms with van der Waals surface area (Å²) in [5.41, 5.74) is 9.02. The van der Waals surface area contributed by atoms with E-state index in [1.54, 1.807) is 18.6 Å². The van der Waals surface area contributed by atoms with Gasteiger partial charge in [0.2, 0.25) is 0 Å². The second kappa shape index (κ2) is 7.62. The molecule has 6 bridgehead atoms. The first kappa shape index (κ1) is 18.4. The van der Waals surface area contributed by atoms with E-state index in [1.165, 1.54) is 0 Å². The highest BCUT2D eigenvalue weighted by Gasteiger charge is 2.24. The molecule has 2 aromatic heterocycles. The number of aromatic nitrogens is 3. The number of anilines is 3. The molecule has 0 spiro atoms. The van der Waals surface area contributed by atoms with E-state index >= 15 is 0 Å². The van der Waals surface area contributed by atoms with Crippen LogP contribution in [0.15, 0.2) is 48.9 Å². The van der Waals surface area contributed by atoms with E-state index in [0.29, 0.717) is 23.9 Å². The summed E-state index contributed by atoms with van der Waals surface area (Å²) < 4.78 is 6.08. The summed E-state index contributed by atoms with van der Waals surface area (Å²) in [4.78, 5) is 28.2. The number of amides is 1. The van der Waals surface area contributed by atoms with Gasteiger partial charge in [-0.05, 0) is 37.0 Å². The number of nitrogens with zero attached hydrogens (tertiary/aromatic N) is 4. The van der Waals surface area contributed by atoms with Gasteiger partial charge in [0.25, 0.3) is 5.91 Å². The van der Waals surface area contributed by atoms with Crippen LogP contribution < -0.4 is 20.7 Å². The zero-order chi connectivity index (χ0) is 20.5. The molecule has 0 saturated carbocycles. The number of piperidine rings is 1. The maximum absolute atomic E-state index is 13.0. The highest BCUT2D eigenvalue weighted by Crippen LogP contribution is 2.31. The first-order valence-electron chi connectivity index (χ1n) is 10.0. The Kier molecular flexibility index (Phi) is 4.66. The largest absolute Gasteiger partial charge is 0.493 e. The molecule has 1 saturated heterocycles. The number of carbonyl (C=O) groups is 1. The Morgan fingerprint density at radius 2 is 2.03 bits per heavy atom. The molecule has 152 valence electrons. The molecule has 0 unspecified atom stereocenters. The Bertz CT molecular complexity index is 1090. The summed E-state index contributed by atoms with van der Waals surface area (Å²) in [6.45, 7) is 2.45. The molecule has 3 aliphatic rings. The number of ether oxygens (including phenoxy) is 1. The standard InChI is InChI=1S/C22H22N6O2/c23-21-20-22(29)27-18-11-24-7-4-19(18)28-8-5-14(6-9-28)13-30-16-3-1-2-15(10-16)17(26-20)12-25-21/h1-4,7,10-12,14H,5-6,8-9,13H2,(H2,23,25)(H,27,29). The van der Waals surface area contributed by atoms with Crippen LogP contribution in [0.3, 0.4) is 0 Å². The summed E-state index contributed by atoms with van der Waals surface area (Å²) in [6.07, 6.45) is 7.00. The summed E-state index contributed by atoms with van der Waals surface area (Å²) in [5.74, 6) is 0.935. The van der Waals surface area contributed by atoms with Crippen molar-refractivity contribution in [2.45, 2.75) is 12.8 Å². The first-order valence-corrected chi connectivity index (χ1v) is 10.0. The molecule has 1 aromatic carbocycles. The number of hydrogen-bond donors (Lipinski definition) is 2. The van der Waals surface area contributed by atoms with Crippen molar-refractivity contribution < 1.29 is 9.53 Å². The minimum atomic E-state index is -0.412. The molecule has 0 radical (unpaired) electrons. The molecule has 1 fully saturated rings. The molecule has 30 heavy (non-hydrogen) atoms. The van der Waals surface area contributed by atoms with Gasteiger partial charge < -0.3 is 20.7 Å². The minimum absolute atomic E-state index is 0.0797. The smallest absolute Gasteiger partial charge is 0.278 e. The fraction of sp³-hybridized carbons (Fsp3) is 0.273. The van der Waals surface area contributed by atoms with Gasteiger partial charge in [-0.25, -0.2) is 9.97 Å². The van der Waals surface area contributed by atoms with Gasteiger partial charge in [0, 0.05) is 24.8 Å². The SMILES string of the molecule is Nc1ncc2nc1C(=O)Nc1cnccc1N1CCC(CC1)COc1cccc-2c1. The quantitative estimate of drug-likeness (QED) is 0.595. The van der Waals surface area contributed by atoms with Crippen LogP contribution in [0, 0.1) is 5.92 Å². The Morgan fingerprint density at radius 1 is 1.17 bits per heavy atom. The van der Waals surface area contributed by atoms with Crippen LogP contribution in [0.4, 0.5) is 17.2 Å². The van der Waals surface area contributed by atoms with E-state index < -0.39 is 5.91 Å². The number of nitrogens with one attached hydrogen (secondary N) is 1. The number of hydrogen-bond acceptors (Lipinski definition) is 7. The van der Waals surface area contributed by atoms with Gasteiger partial charge in [0.15, 0.2) is 11.5 Å². The fourth-order valence-electron chi connectivity index (χ4n) is 3.95. The number of nitrogens with two attached hydrogens (primary N) is 1. The van der Waals surface area contributed by atoms with Crippen molar-refractivity contribution in [1.29, 1.82) is 0 Å². The molecule has 3 aliphatic heterocycles. The van der Waals surface area contributed by atoms with Crippen molar-refractivity contribution in [1.82, 2.24) is 15.0 Å². The van der Waals surface area contributed by atoms with Crippen molar-refractivity contribution in [3.8, 4) is 17.0 Å². The van der Waals surface area contributed by atoms with Crippen molar-refractivity contribution >= 4 is 23.1 Å². The third-order valence-electron chi connectivity index (χ3n) is 5.63. The molecule has 8 nitrogen and oxygen atoms in total. The second-order valence-electron chi connectivity index (χ2n) is 7.61. The van der Waals surface area contributed by atoms with E-state index in [4.69, 9.17) is 10.5 Å². The summed E-state index contributed by atoms with van der Waals surface area (Å²) in [5, 5.41) is 2.93. The lowest BCUT2D eigenvalue weighted by Crippen LogP contribution is -2.36. The number of benzene rings is 1. The van der Waals surface area contributed by atoms with Crippen LogP contribution in [0.1, 0.15) is 23.3 Å². The molecule has 0 aliphatic carbocycles. The summed E-state index contributed by atoms with van der Waals surface area (Å²) in [7, 11) is 0. The van der Waals surface area contributed by atoms with Crippen LogP contribution >= 0.6 is 0 Å². The van der Waals surface area contributed by atoms with Crippen LogP contribution in [-0.4, -0.2) is 40.6 Å². The predicted molar refractivity (Wildman–Crippen MR) is 115 cm³/mol. The lowest BCUT2D eigenvalue weighted by atomic mass is 9.97. The Balaban J connectivity index is 1.59. The van der Waals surface area contributed by atoms with Crippen molar-refractivity contribution in [3.63, 3.8) is 0 Å². The topological polar surface area (TPSA) is 106 Å². The normalized spacial score (nSPS) is 16.5. The van der Waals surface area contributed by atoms with Gasteiger partial charge in [-0.2, -0.15) is 0 Å². The molecule has 5 heterocycles. The number of nitrogen functional groups attached to an aromatic ring is 1. The number of fused-ring (bicyclic) bond motifs is 4. The monoisotopic (exact) mass is 402 g/mol. The first-order chi connectivity index (χ1) is 14.7. The summed E-state index contributed by atoms with van der Waals surface area (Å²) in [6, 6.07) is 9.60. The Labute approximate surface area is 174 Å². The van der Waals surface area contributed by atoms with Crippen molar-refractivity contribution in [2.75, 3.05) is 35.6 Å². The molecular weight excluding hydrogens is 380 g/mol. The fourth-order valence-corrected chi connectivity index (χ4v) is 3.95. The molecule has 6 rings (SSSR count). The second-order valence-corrected chi connectivity index (χ2v) is 7.61. The molecule has 3 aromatic rings. The number of pyridine rings is 1. The predicted octanol–water partition coefficient (Wildman–Crippen LogP) is 2.98. The zero-order valence-electron chi connectivity index (χ0n) is 16.4. The summed E-state index contributed by atoms with van der Waals surface area (Å²) >= 11 is 0. The highest BCUT2D eigenvalue weighted by atomic mass is 16.5. The lowest BCUT2D eigenvalue weighted by Gasteiger charge is -2.34. The number of carbonyl (C=O) groups excluding carboxylic acids is 1. The maximum atomic E-state index is 13.0. The maximum Gasteiger partial charge on any atom is 0.278 e. The molecule has 3 N–H and O–H groups in total. The van der Waals surface area contributed by atoms with E-state index in [9.17, 15) is 4.79 Å². The van der Waals surface area contributed by atoms with Gasteiger partial charge in [-0.1, -0.05) is 12.1 Å². The molecular formula is C22H22N6O2. The zero-order valence-corrected chi connectivity index (χ0v) is 16.4. The van der Waals surface area contributed by atoms with E-state index in [0.717, 1.165) is 42.9 Å². The van der Waals surface area contributed by atoms with Crippen LogP contribution in [-0.2, 0) is 0 Å². The molecule has 1 amide bonds. The van der Waals surface area contributed by atoms with E-state index in [-0.39, 0.29) is 11.5 Å². The van der Waals surface area contributed by atoms with Gasteiger partial charge in [-0.3, -0.25) is 9.78 Å². The van der Waals surface area contributed by atoms with E-state index in [1.807, 2.05) is 30.3 Å². The third-order valence-corrected chi connectivity index (χ3v) is 5.63. The van der Waals surface area contributed by atoms with Crippen LogP contribution in [0.2, 0.25) is 0 Å². The lowest BCUT2D eigenvalue weighted by molar-refractivity contribution is 0.102. The van der Waals surface area contributed by atoms with E-state index in [2.05, 4.69) is 25.2 Å². The average Bonchev–Trinajstić information content (AvgIpc) is 2.78. The van der Waals surface area contributed by atoms with Crippen LogP contribution in [0.5, 0.6) is 5.75 Å². The van der Waals surface area contributed by atoms with Gasteiger partial charge in [0.1, 0.15) is 5.75 Å². The van der Waals surface area contributed by atoms with Crippen molar-refractivity contribution in [2.24, 2.45) is 5.92 Å². The van der Waals surface area contributed by atoms with Gasteiger partial charge in [-0.15, -0.1) is 0 Å². The third kappa shape index (κ3) is 3.52. The van der Waals surface area contributed by atoms with Gasteiger partial charge >= 0.3 is 0 Å². The highest BCUT2D eigenvalue weighted by molar-refractivity contribution is 6.07. The average molecular weight is 402 g/mol. The molecule has 8 heteroatoms.